The van der Waals surface area contributed by atoms with Crippen molar-refractivity contribution >= 4 is 11.8 Å². The largest absolute Gasteiger partial charge is 0.364 e. The van der Waals surface area contributed by atoms with Crippen LogP contribution in [0.2, 0.25) is 0 Å². The van der Waals surface area contributed by atoms with Gasteiger partial charge in [-0.05, 0) is 19.3 Å². The van der Waals surface area contributed by atoms with Gasteiger partial charge in [-0.15, -0.1) is 5.10 Å². The SMILES string of the molecule is NC(=O)c1cn([C@@H]2CNC[C@H](C(=O)N3CCCC3)C2)nn1. The quantitative estimate of drug-likeness (QED) is 0.755. The molecule has 1 aromatic rings. The van der Waals surface area contributed by atoms with Crippen molar-refractivity contribution in [2.24, 2.45) is 11.7 Å². The van der Waals surface area contributed by atoms with Crippen LogP contribution in [0.3, 0.4) is 0 Å². The van der Waals surface area contributed by atoms with Gasteiger partial charge in [0.1, 0.15) is 0 Å². The van der Waals surface area contributed by atoms with Gasteiger partial charge >= 0.3 is 0 Å². The molecule has 8 heteroatoms. The van der Waals surface area contributed by atoms with Crippen molar-refractivity contribution in [2.45, 2.75) is 25.3 Å². The summed E-state index contributed by atoms with van der Waals surface area (Å²) in [5.74, 6) is -0.405. The smallest absolute Gasteiger partial charge is 0.270 e. The van der Waals surface area contributed by atoms with Gasteiger partial charge in [0.25, 0.3) is 5.91 Å². The fraction of sp³-hybridized carbons (Fsp3) is 0.692. The molecule has 2 atom stereocenters. The third kappa shape index (κ3) is 2.90. The zero-order valence-corrected chi connectivity index (χ0v) is 11.9. The van der Waals surface area contributed by atoms with E-state index < -0.39 is 5.91 Å². The molecule has 0 spiro atoms. The number of amides is 2. The van der Waals surface area contributed by atoms with E-state index >= 15 is 0 Å². The van der Waals surface area contributed by atoms with Crippen LogP contribution < -0.4 is 11.1 Å². The van der Waals surface area contributed by atoms with Gasteiger partial charge in [-0.2, -0.15) is 0 Å². The molecule has 3 rings (SSSR count). The maximum Gasteiger partial charge on any atom is 0.270 e. The van der Waals surface area contributed by atoms with Gasteiger partial charge in [0.15, 0.2) is 5.69 Å². The van der Waals surface area contributed by atoms with Crippen molar-refractivity contribution in [1.82, 2.24) is 25.2 Å². The van der Waals surface area contributed by atoms with E-state index in [-0.39, 0.29) is 23.6 Å². The van der Waals surface area contributed by atoms with Crippen LogP contribution in [0.4, 0.5) is 0 Å². The Morgan fingerprint density at radius 2 is 2.05 bits per heavy atom. The average Bonchev–Trinajstić information content (AvgIpc) is 3.18. The monoisotopic (exact) mass is 292 g/mol. The highest BCUT2D eigenvalue weighted by Crippen LogP contribution is 2.23. The highest BCUT2D eigenvalue weighted by Gasteiger charge is 2.32. The summed E-state index contributed by atoms with van der Waals surface area (Å²) in [5, 5.41) is 11.0. The normalized spacial score (nSPS) is 26.0. The van der Waals surface area contributed by atoms with Crippen molar-refractivity contribution in [3.05, 3.63) is 11.9 Å². The van der Waals surface area contributed by atoms with Gasteiger partial charge in [-0.25, -0.2) is 4.68 Å². The maximum atomic E-state index is 12.5. The zero-order valence-electron chi connectivity index (χ0n) is 11.9. The van der Waals surface area contributed by atoms with Gasteiger partial charge in [-0.3, -0.25) is 9.59 Å². The van der Waals surface area contributed by atoms with Crippen LogP contribution in [0, 0.1) is 5.92 Å². The number of carbonyl (C=O) groups excluding carboxylic acids is 2. The fourth-order valence-corrected chi connectivity index (χ4v) is 3.07. The van der Waals surface area contributed by atoms with Crippen LogP contribution in [-0.2, 0) is 4.79 Å². The Morgan fingerprint density at radius 3 is 2.71 bits per heavy atom. The molecule has 2 aliphatic rings. The number of nitrogens with two attached hydrogens (primary N) is 1. The number of primary amides is 1. The third-order valence-electron chi connectivity index (χ3n) is 4.23. The molecule has 3 N–H and O–H groups in total. The highest BCUT2D eigenvalue weighted by atomic mass is 16.2. The van der Waals surface area contributed by atoms with E-state index in [1.54, 1.807) is 10.9 Å². The molecule has 0 aliphatic carbocycles. The second-order valence-electron chi connectivity index (χ2n) is 5.73. The molecule has 2 amide bonds. The number of carbonyl (C=O) groups is 2. The molecule has 1 aromatic heterocycles. The first-order valence-electron chi connectivity index (χ1n) is 7.36. The number of nitrogens with zero attached hydrogens (tertiary/aromatic N) is 4. The summed E-state index contributed by atoms with van der Waals surface area (Å²) in [6.07, 6.45) is 4.46. The summed E-state index contributed by atoms with van der Waals surface area (Å²) < 4.78 is 1.64. The van der Waals surface area contributed by atoms with Gasteiger partial charge in [0, 0.05) is 26.2 Å². The van der Waals surface area contributed by atoms with Crippen LogP contribution in [0.5, 0.6) is 0 Å². The van der Waals surface area contributed by atoms with Crippen LogP contribution in [0.25, 0.3) is 0 Å². The first kappa shape index (κ1) is 14.0. The minimum Gasteiger partial charge on any atom is -0.364 e. The number of hydrogen-bond donors (Lipinski definition) is 2. The van der Waals surface area contributed by atoms with Crippen molar-refractivity contribution in [2.75, 3.05) is 26.2 Å². The molecule has 8 nitrogen and oxygen atoms in total. The highest BCUT2D eigenvalue weighted by molar-refractivity contribution is 5.90. The predicted molar refractivity (Wildman–Crippen MR) is 74.4 cm³/mol. The summed E-state index contributed by atoms with van der Waals surface area (Å²) in [4.78, 5) is 25.5. The summed E-state index contributed by atoms with van der Waals surface area (Å²) in [7, 11) is 0. The van der Waals surface area contributed by atoms with Crippen LogP contribution in [-0.4, -0.2) is 57.9 Å². The number of rotatable bonds is 3. The Hall–Kier alpha value is -1.96. The van der Waals surface area contributed by atoms with Crippen LogP contribution in [0.15, 0.2) is 6.20 Å². The molecule has 2 fully saturated rings. The molecule has 0 saturated carbocycles. The van der Waals surface area contributed by atoms with E-state index in [9.17, 15) is 9.59 Å². The second kappa shape index (κ2) is 5.80. The molecule has 21 heavy (non-hydrogen) atoms. The molecule has 0 unspecified atom stereocenters. The lowest BCUT2D eigenvalue weighted by Crippen LogP contribution is -2.45. The van der Waals surface area contributed by atoms with E-state index in [1.807, 2.05) is 4.90 Å². The molecular formula is C13H20N6O2. The summed E-state index contributed by atoms with van der Waals surface area (Å²) in [6, 6.07) is 0.0240. The molecule has 3 heterocycles. The molecule has 114 valence electrons. The lowest BCUT2D eigenvalue weighted by molar-refractivity contribution is -0.135. The van der Waals surface area contributed by atoms with E-state index in [2.05, 4.69) is 15.6 Å². The number of likely N-dealkylation sites (tertiary alicyclic amines) is 1. The second-order valence-corrected chi connectivity index (χ2v) is 5.73. The predicted octanol–water partition coefficient (Wildman–Crippen LogP) is -0.850. The molecule has 0 bridgehead atoms. The minimum absolute atomic E-state index is 0.0240. The first-order valence-corrected chi connectivity index (χ1v) is 7.36. The van der Waals surface area contributed by atoms with E-state index in [0.717, 1.165) is 25.9 Å². The lowest BCUT2D eigenvalue weighted by Gasteiger charge is -2.31. The Kier molecular flexibility index (Phi) is 3.87. The summed E-state index contributed by atoms with van der Waals surface area (Å²) in [5.41, 5.74) is 5.34. The summed E-state index contributed by atoms with van der Waals surface area (Å²) in [6.45, 7) is 3.15. The fourth-order valence-electron chi connectivity index (χ4n) is 3.07. The van der Waals surface area contributed by atoms with Crippen molar-refractivity contribution in [1.29, 1.82) is 0 Å². The Balaban J connectivity index is 1.67. The first-order chi connectivity index (χ1) is 10.1. The van der Waals surface area contributed by atoms with E-state index in [4.69, 9.17) is 5.73 Å². The number of hydrogen-bond acceptors (Lipinski definition) is 5. The van der Waals surface area contributed by atoms with E-state index in [0.29, 0.717) is 19.5 Å². The number of aromatic nitrogens is 3. The number of piperidine rings is 1. The Labute approximate surface area is 122 Å². The maximum absolute atomic E-state index is 12.5. The zero-order chi connectivity index (χ0) is 14.8. The number of nitrogens with one attached hydrogen (secondary N) is 1. The lowest BCUT2D eigenvalue weighted by atomic mass is 9.94. The van der Waals surface area contributed by atoms with Gasteiger partial charge in [0.2, 0.25) is 5.91 Å². The van der Waals surface area contributed by atoms with Crippen molar-refractivity contribution in [3.8, 4) is 0 Å². The summed E-state index contributed by atoms with van der Waals surface area (Å²) >= 11 is 0. The van der Waals surface area contributed by atoms with Crippen molar-refractivity contribution < 1.29 is 9.59 Å². The molecule has 2 aliphatic heterocycles. The van der Waals surface area contributed by atoms with E-state index in [1.165, 1.54) is 0 Å². The van der Waals surface area contributed by atoms with Crippen molar-refractivity contribution in [3.63, 3.8) is 0 Å². The Morgan fingerprint density at radius 1 is 1.29 bits per heavy atom. The van der Waals surface area contributed by atoms with Gasteiger partial charge in [0.05, 0.1) is 18.2 Å². The molecule has 0 aromatic carbocycles. The molecule has 2 saturated heterocycles. The van der Waals surface area contributed by atoms with Gasteiger partial charge in [-0.1, -0.05) is 5.21 Å². The van der Waals surface area contributed by atoms with Crippen LogP contribution >= 0.6 is 0 Å². The van der Waals surface area contributed by atoms with Gasteiger partial charge < -0.3 is 16.0 Å². The standard InChI is InChI=1S/C13H20N6O2/c14-12(20)11-8-19(17-16-11)10-5-9(6-15-7-10)13(21)18-3-1-2-4-18/h8-10,15H,1-7H2,(H2,14,20)/t9-,10+/m1/s1. The topological polar surface area (TPSA) is 106 Å². The van der Waals surface area contributed by atoms with Crippen LogP contribution in [0.1, 0.15) is 35.8 Å². The average molecular weight is 292 g/mol. The Bertz CT molecular complexity index is 537. The minimum atomic E-state index is -0.588. The molecule has 0 radical (unpaired) electrons. The molecular weight excluding hydrogens is 272 g/mol. The third-order valence-corrected chi connectivity index (χ3v) is 4.23.